The summed E-state index contributed by atoms with van der Waals surface area (Å²) in [5.41, 5.74) is 3.31. The fraction of sp³-hybridized carbons (Fsp3) is 0.444. The summed E-state index contributed by atoms with van der Waals surface area (Å²) in [4.78, 5) is 2.25. The average molecular weight is 334 g/mol. The van der Waals surface area contributed by atoms with Gasteiger partial charge in [-0.3, -0.25) is 0 Å². The van der Waals surface area contributed by atoms with Gasteiger partial charge in [-0.25, -0.2) is 4.39 Å². The van der Waals surface area contributed by atoms with Crippen LogP contribution < -0.4 is 10.2 Å². The van der Waals surface area contributed by atoms with E-state index in [1.165, 1.54) is 11.6 Å². The number of halogens is 1. The van der Waals surface area contributed by atoms with Crippen LogP contribution in [-0.2, 0) is 6.54 Å². The Labute approximate surface area is 140 Å². The van der Waals surface area contributed by atoms with Crippen molar-refractivity contribution >= 4 is 17.0 Å². The van der Waals surface area contributed by atoms with Gasteiger partial charge in [-0.05, 0) is 65.9 Å². The summed E-state index contributed by atoms with van der Waals surface area (Å²) in [5, 5.41) is 17.4. The molecule has 3 nitrogen and oxygen atoms in total. The van der Waals surface area contributed by atoms with Crippen LogP contribution in [-0.4, -0.2) is 24.3 Å². The summed E-state index contributed by atoms with van der Waals surface area (Å²) >= 11 is 1.68. The zero-order valence-corrected chi connectivity index (χ0v) is 14.2. The lowest BCUT2D eigenvalue weighted by molar-refractivity contribution is 0.145. The number of piperidine rings is 1. The van der Waals surface area contributed by atoms with Crippen molar-refractivity contribution in [3.8, 4) is 0 Å². The topological polar surface area (TPSA) is 35.5 Å². The lowest BCUT2D eigenvalue weighted by atomic mass is 10.0. The number of anilines is 1. The van der Waals surface area contributed by atoms with Gasteiger partial charge in [0.05, 0.1) is 6.10 Å². The van der Waals surface area contributed by atoms with Crippen molar-refractivity contribution in [3.05, 3.63) is 52.0 Å². The van der Waals surface area contributed by atoms with Crippen LogP contribution in [0, 0.1) is 5.82 Å². The van der Waals surface area contributed by atoms with Crippen molar-refractivity contribution in [1.29, 1.82) is 0 Å². The maximum Gasteiger partial charge on any atom is 0.123 e. The molecule has 0 amide bonds. The molecule has 2 N–H and O–H groups in total. The van der Waals surface area contributed by atoms with Crippen LogP contribution in [0.3, 0.4) is 0 Å². The van der Waals surface area contributed by atoms with Crippen LogP contribution in [0.25, 0.3) is 0 Å². The fourth-order valence-electron chi connectivity index (χ4n) is 3.04. The van der Waals surface area contributed by atoms with Crippen LogP contribution >= 0.6 is 11.3 Å². The van der Waals surface area contributed by atoms with Crippen molar-refractivity contribution in [3.63, 3.8) is 0 Å². The van der Waals surface area contributed by atoms with Gasteiger partial charge in [0, 0.05) is 31.4 Å². The highest BCUT2D eigenvalue weighted by Crippen LogP contribution is 2.30. The number of rotatable bonds is 5. The van der Waals surface area contributed by atoms with Crippen molar-refractivity contribution in [1.82, 2.24) is 5.32 Å². The first-order chi connectivity index (χ1) is 11.1. The molecule has 0 saturated carbocycles. The smallest absolute Gasteiger partial charge is 0.123 e. The molecule has 2 heterocycles. The van der Waals surface area contributed by atoms with Gasteiger partial charge in [-0.15, -0.1) is 0 Å². The molecule has 1 atom stereocenters. The molecule has 1 saturated heterocycles. The van der Waals surface area contributed by atoms with Crippen molar-refractivity contribution in [2.75, 3.05) is 18.0 Å². The minimum absolute atomic E-state index is 0.0625. The van der Waals surface area contributed by atoms with Gasteiger partial charge in [0.1, 0.15) is 5.82 Å². The number of aliphatic hydroxyl groups excluding tert-OH is 1. The van der Waals surface area contributed by atoms with Gasteiger partial charge in [0.2, 0.25) is 0 Å². The van der Waals surface area contributed by atoms with Gasteiger partial charge in [-0.2, -0.15) is 11.3 Å². The predicted octanol–water partition coefficient (Wildman–Crippen LogP) is 3.70. The van der Waals surface area contributed by atoms with E-state index in [9.17, 15) is 9.50 Å². The van der Waals surface area contributed by atoms with Crippen LogP contribution in [0.2, 0.25) is 0 Å². The van der Waals surface area contributed by atoms with E-state index in [4.69, 9.17) is 0 Å². The molecule has 1 aromatic carbocycles. The third kappa shape index (κ3) is 4.10. The molecular formula is C18H23FN2OS. The molecule has 3 rings (SSSR count). The minimum atomic E-state index is -0.204. The molecule has 0 radical (unpaired) electrons. The van der Waals surface area contributed by atoms with Crippen molar-refractivity contribution < 1.29 is 9.50 Å². The quantitative estimate of drug-likeness (QED) is 0.875. The highest BCUT2D eigenvalue weighted by molar-refractivity contribution is 7.07. The highest BCUT2D eigenvalue weighted by Gasteiger charge is 2.21. The second kappa shape index (κ2) is 7.43. The summed E-state index contributed by atoms with van der Waals surface area (Å²) in [6, 6.07) is 7.18. The summed E-state index contributed by atoms with van der Waals surface area (Å²) in [6.07, 6.45) is 1.34. The normalized spacial score (nSPS) is 17.4. The lowest BCUT2D eigenvalue weighted by Crippen LogP contribution is -2.37. The van der Waals surface area contributed by atoms with E-state index in [2.05, 4.69) is 34.0 Å². The highest BCUT2D eigenvalue weighted by atomic mass is 32.1. The molecule has 1 aliphatic heterocycles. The Balaban J connectivity index is 1.75. The lowest BCUT2D eigenvalue weighted by Gasteiger charge is -2.34. The second-order valence-electron chi connectivity index (χ2n) is 6.16. The van der Waals surface area contributed by atoms with Gasteiger partial charge in [0.15, 0.2) is 0 Å². The largest absolute Gasteiger partial charge is 0.393 e. The molecule has 23 heavy (non-hydrogen) atoms. The molecule has 0 aliphatic carbocycles. The van der Waals surface area contributed by atoms with E-state index in [-0.39, 0.29) is 18.0 Å². The third-order valence-electron chi connectivity index (χ3n) is 4.45. The molecule has 0 spiro atoms. The van der Waals surface area contributed by atoms with Gasteiger partial charge in [0.25, 0.3) is 0 Å². The summed E-state index contributed by atoms with van der Waals surface area (Å²) in [7, 11) is 0. The standard InChI is InChI=1S/C18H23FN2OS/c1-13(20-11-14-6-9-23-12-14)17-10-15(19)2-3-18(17)21-7-4-16(22)5-8-21/h2-3,6,9-10,12-13,16,20,22H,4-5,7-8,11H2,1H3. The molecule has 1 aliphatic rings. The average Bonchev–Trinajstić information content (AvgIpc) is 3.07. The molecule has 1 fully saturated rings. The Morgan fingerprint density at radius 1 is 1.35 bits per heavy atom. The van der Waals surface area contributed by atoms with Crippen LogP contribution in [0.4, 0.5) is 10.1 Å². The number of thiophene rings is 1. The molecule has 2 aromatic rings. The van der Waals surface area contributed by atoms with Gasteiger partial charge >= 0.3 is 0 Å². The Kier molecular flexibility index (Phi) is 5.30. The second-order valence-corrected chi connectivity index (χ2v) is 6.94. The van der Waals surface area contributed by atoms with Gasteiger partial charge in [-0.1, -0.05) is 0 Å². The number of nitrogens with one attached hydrogen (secondary N) is 1. The predicted molar refractivity (Wildman–Crippen MR) is 93.4 cm³/mol. The number of nitrogens with zero attached hydrogens (tertiary/aromatic N) is 1. The third-order valence-corrected chi connectivity index (χ3v) is 5.19. The van der Waals surface area contributed by atoms with Crippen LogP contribution in [0.1, 0.15) is 36.9 Å². The van der Waals surface area contributed by atoms with E-state index in [1.54, 1.807) is 17.4 Å². The van der Waals surface area contributed by atoms with E-state index >= 15 is 0 Å². The zero-order valence-electron chi connectivity index (χ0n) is 13.3. The van der Waals surface area contributed by atoms with Gasteiger partial charge < -0.3 is 15.3 Å². The monoisotopic (exact) mass is 334 g/mol. The summed E-state index contributed by atoms with van der Waals surface area (Å²) in [6.45, 7) is 4.48. The maximum atomic E-state index is 13.8. The summed E-state index contributed by atoms with van der Waals surface area (Å²) < 4.78 is 13.8. The van der Waals surface area contributed by atoms with E-state index in [0.717, 1.165) is 43.7 Å². The van der Waals surface area contributed by atoms with E-state index in [1.807, 2.05) is 6.07 Å². The van der Waals surface area contributed by atoms with E-state index in [0.29, 0.717) is 0 Å². The Morgan fingerprint density at radius 2 is 2.13 bits per heavy atom. The zero-order chi connectivity index (χ0) is 16.2. The Bertz CT molecular complexity index is 624. The van der Waals surface area contributed by atoms with Crippen LogP contribution in [0.5, 0.6) is 0 Å². The number of aliphatic hydroxyl groups is 1. The maximum absolute atomic E-state index is 13.8. The first-order valence-corrected chi connectivity index (χ1v) is 9.04. The van der Waals surface area contributed by atoms with Crippen LogP contribution in [0.15, 0.2) is 35.0 Å². The first kappa shape index (κ1) is 16.4. The molecular weight excluding hydrogens is 311 g/mol. The summed E-state index contributed by atoms with van der Waals surface area (Å²) in [5.74, 6) is -0.204. The Morgan fingerprint density at radius 3 is 2.83 bits per heavy atom. The Hall–Kier alpha value is -1.43. The first-order valence-electron chi connectivity index (χ1n) is 8.10. The molecule has 1 aromatic heterocycles. The SMILES string of the molecule is CC(NCc1ccsc1)c1cc(F)ccc1N1CCC(O)CC1. The molecule has 1 unspecified atom stereocenters. The van der Waals surface area contributed by atoms with Crippen molar-refractivity contribution in [2.45, 2.75) is 38.5 Å². The number of hydrogen-bond donors (Lipinski definition) is 2. The van der Waals surface area contributed by atoms with Crippen molar-refractivity contribution in [2.24, 2.45) is 0 Å². The van der Waals surface area contributed by atoms with E-state index < -0.39 is 0 Å². The molecule has 0 bridgehead atoms. The number of hydrogen-bond acceptors (Lipinski definition) is 4. The molecule has 124 valence electrons. The number of benzene rings is 1. The fourth-order valence-corrected chi connectivity index (χ4v) is 3.71. The molecule has 5 heteroatoms. The minimum Gasteiger partial charge on any atom is -0.393 e.